The maximum Gasteiger partial charge on any atom is 0.330 e. The van der Waals surface area contributed by atoms with Crippen LogP contribution in [0.3, 0.4) is 0 Å². The molecule has 1 aromatic carbocycles. The first kappa shape index (κ1) is 22.5. The van der Waals surface area contributed by atoms with Crippen LogP contribution in [0.2, 0.25) is 0 Å². The van der Waals surface area contributed by atoms with Crippen LogP contribution in [-0.4, -0.2) is 42.1 Å². The number of aromatic amines is 1. The highest BCUT2D eigenvalue weighted by Crippen LogP contribution is 2.41. The number of nitrogens with one attached hydrogen (secondary N) is 1. The van der Waals surface area contributed by atoms with E-state index in [-0.39, 0.29) is 29.7 Å². The van der Waals surface area contributed by atoms with E-state index < -0.39 is 11.2 Å². The fourth-order valence-corrected chi connectivity index (χ4v) is 5.63. The molecule has 6 rings (SSSR count). The number of hydrogen-bond donors (Lipinski definition) is 1. The number of aromatic nitrogens is 4. The molecule has 1 atom stereocenters. The molecule has 0 aliphatic heterocycles. The molecule has 3 aliphatic carbocycles. The van der Waals surface area contributed by atoms with Gasteiger partial charge in [0.25, 0.3) is 5.56 Å². The van der Waals surface area contributed by atoms with Gasteiger partial charge in [0.2, 0.25) is 5.91 Å². The minimum absolute atomic E-state index is 0.0323. The van der Waals surface area contributed by atoms with Crippen molar-refractivity contribution < 1.29 is 4.79 Å². The van der Waals surface area contributed by atoms with Crippen LogP contribution < -0.4 is 11.2 Å². The molecule has 3 saturated carbocycles. The molecule has 3 aliphatic rings. The van der Waals surface area contributed by atoms with Gasteiger partial charge >= 0.3 is 5.69 Å². The van der Waals surface area contributed by atoms with Gasteiger partial charge in [-0.2, -0.15) is 0 Å². The molecule has 0 radical (unpaired) electrons. The Morgan fingerprint density at radius 1 is 1.11 bits per heavy atom. The van der Waals surface area contributed by atoms with Crippen molar-refractivity contribution in [1.29, 1.82) is 0 Å². The lowest BCUT2D eigenvalue weighted by atomic mass is 10.1. The molecule has 1 N–H and O–H groups in total. The molecule has 0 spiro atoms. The predicted molar refractivity (Wildman–Crippen MR) is 135 cm³/mol. The fraction of sp³-hybridized carbons (Fsp3) is 0.500. The Morgan fingerprint density at radius 2 is 1.86 bits per heavy atom. The monoisotopic (exact) mass is 491 g/mol. The van der Waals surface area contributed by atoms with Gasteiger partial charge in [0, 0.05) is 24.5 Å². The van der Waals surface area contributed by atoms with E-state index in [0.717, 1.165) is 44.1 Å². The molecule has 3 aromatic rings. The van der Waals surface area contributed by atoms with Crippen molar-refractivity contribution in [3.63, 3.8) is 0 Å². The summed E-state index contributed by atoms with van der Waals surface area (Å²) in [4.78, 5) is 52.8. The van der Waals surface area contributed by atoms with Gasteiger partial charge in [-0.05, 0) is 56.9 Å². The number of nitrogens with zero attached hydrogens (tertiary/aromatic N) is 4. The zero-order chi connectivity index (χ0) is 24.1. The van der Waals surface area contributed by atoms with Gasteiger partial charge in [0.1, 0.15) is 16.2 Å². The summed E-state index contributed by atoms with van der Waals surface area (Å²) in [7, 11) is 0. The molecular weight excluding hydrogens is 462 g/mol. The van der Waals surface area contributed by atoms with E-state index in [9.17, 15) is 14.4 Å². The zero-order valence-electron chi connectivity index (χ0n) is 19.8. The Kier molecular flexibility index (Phi) is 5.75. The van der Waals surface area contributed by atoms with E-state index in [1.165, 1.54) is 11.8 Å². The van der Waals surface area contributed by atoms with Crippen LogP contribution in [0.25, 0.3) is 11.0 Å². The molecule has 2 heterocycles. The number of hydrogen-bond acceptors (Lipinski definition) is 6. The Labute approximate surface area is 207 Å². The van der Waals surface area contributed by atoms with E-state index in [4.69, 9.17) is 4.98 Å². The number of fused-ring (bicyclic) bond motifs is 1. The van der Waals surface area contributed by atoms with Crippen molar-refractivity contribution in [2.75, 3.05) is 5.75 Å². The molecule has 2 aromatic heterocycles. The Balaban J connectivity index is 1.32. The van der Waals surface area contributed by atoms with Gasteiger partial charge in [-0.1, -0.05) is 42.1 Å². The highest BCUT2D eigenvalue weighted by molar-refractivity contribution is 8.00. The molecule has 182 valence electrons. The largest absolute Gasteiger partial charge is 0.335 e. The van der Waals surface area contributed by atoms with Gasteiger partial charge in [-0.25, -0.2) is 14.8 Å². The van der Waals surface area contributed by atoms with E-state index in [0.29, 0.717) is 34.3 Å². The number of amides is 1. The van der Waals surface area contributed by atoms with Crippen LogP contribution in [0.5, 0.6) is 0 Å². The standard InChI is InChI=1S/C26H29N5O3S/c1-15(17-7-8-17)30(13-16-5-3-2-4-6-16)20(32)14-35-25-21-23(27-22(28-25)18-9-10-18)31(19-11-12-19)26(34)29-24(21)33/h2-6,15,17-19H,7-14H2,1H3,(H,29,33,34). The molecule has 9 heteroatoms. The molecule has 1 amide bonds. The third-order valence-corrected chi connectivity index (χ3v) is 8.23. The summed E-state index contributed by atoms with van der Waals surface area (Å²) in [5, 5.41) is 0.822. The predicted octanol–water partition coefficient (Wildman–Crippen LogP) is 3.61. The average Bonchev–Trinajstić information content (AvgIpc) is 3.71. The third kappa shape index (κ3) is 4.66. The highest BCUT2D eigenvalue weighted by atomic mass is 32.2. The molecule has 3 fully saturated rings. The Morgan fingerprint density at radius 3 is 2.51 bits per heavy atom. The number of H-pyrrole nitrogens is 1. The lowest BCUT2D eigenvalue weighted by molar-refractivity contribution is -0.131. The second-order valence-corrected chi connectivity index (χ2v) is 11.1. The van der Waals surface area contributed by atoms with Gasteiger partial charge in [-0.3, -0.25) is 19.1 Å². The topological polar surface area (TPSA) is 101 Å². The van der Waals surface area contributed by atoms with Crippen molar-refractivity contribution in [3.05, 3.63) is 62.6 Å². The summed E-state index contributed by atoms with van der Waals surface area (Å²) in [6.45, 7) is 2.70. The zero-order valence-corrected chi connectivity index (χ0v) is 20.6. The quantitative estimate of drug-likeness (QED) is 0.363. The molecule has 8 nitrogen and oxygen atoms in total. The molecule has 0 bridgehead atoms. The van der Waals surface area contributed by atoms with Crippen LogP contribution in [0.15, 0.2) is 44.9 Å². The molecule has 35 heavy (non-hydrogen) atoms. The summed E-state index contributed by atoms with van der Waals surface area (Å²) in [5.74, 6) is 1.71. The second kappa shape index (κ2) is 8.93. The smallest absolute Gasteiger partial charge is 0.330 e. The summed E-state index contributed by atoms with van der Waals surface area (Å²) < 4.78 is 1.62. The van der Waals surface area contributed by atoms with Crippen molar-refractivity contribution in [2.24, 2.45) is 5.92 Å². The maximum absolute atomic E-state index is 13.5. The number of rotatable bonds is 9. The van der Waals surface area contributed by atoms with Crippen LogP contribution in [0.1, 0.15) is 68.8 Å². The maximum atomic E-state index is 13.5. The van der Waals surface area contributed by atoms with Crippen LogP contribution in [0.4, 0.5) is 0 Å². The number of benzene rings is 1. The average molecular weight is 492 g/mol. The number of carbonyl (C=O) groups is 1. The summed E-state index contributed by atoms with van der Waals surface area (Å²) in [5.41, 5.74) is 0.629. The van der Waals surface area contributed by atoms with Crippen molar-refractivity contribution in [3.8, 4) is 0 Å². The van der Waals surface area contributed by atoms with Crippen molar-refractivity contribution in [1.82, 2.24) is 24.4 Å². The number of carbonyl (C=O) groups excluding carboxylic acids is 1. The van der Waals surface area contributed by atoms with E-state index in [1.807, 2.05) is 35.2 Å². The van der Waals surface area contributed by atoms with Gasteiger partial charge < -0.3 is 4.90 Å². The second-order valence-electron chi connectivity index (χ2n) is 10.1. The Bertz CT molecular complexity index is 1390. The SMILES string of the molecule is CC(C1CC1)N(Cc1ccccc1)C(=O)CSc1nc(C2CC2)nc2c1c(=O)[nH]c(=O)n2C1CC1. The van der Waals surface area contributed by atoms with E-state index in [2.05, 4.69) is 16.9 Å². The van der Waals surface area contributed by atoms with E-state index >= 15 is 0 Å². The molecular formula is C26H29N5O3S. The lowest BCUT2D eigenvalue weighted by Crippen LogP contribution is -2.40. The van der Waals surface area contributed by atoms with Crippen molar-refractivity contribution >= 4 is 28.7 Å². The Hall–Kier alpha value is -2.94. The first-order valence-electron chi connectivity index (χ1n) is 12.5. The number of thioether (sulfide) groups is 1. The highest BCUT2D eigenvalue weighted by Gasteiger charge is 2.35. The minimum Gasteiger partial charge on any atom is -0.335 e. The first-order chi connectivity index (χ1) is 17.0. The summed E-state index contributed by atoms with van der Waals surface area (Å²) in [6.07, 6.45) is 6.13. The van der Waals surface area contributed by atoms with Gasteiger partial charge in [0.05, 0.1) is 5.75 Å². The van der Waals surface area contributed by atoms with Crippen LogP contribution in [-0.2, 0) is 11.3 Å². The van der Waals surface area contributed by atoms with Crippen molar-refractivity contribution in [2.45, 2.75) is 75.0 Å². The molecule has 0 saturated heterocycles. The van der Waals surface area contributed by atoms with Gasteiger partial charge in [-0.15, -0.1) is 0 Å². The third-order valence-electron chi connectivity index (χ3n) is 7.27. The van der Waals surface area contributed by atoms with Gasteiger partial charge in [0.15, 0.2) is 5.65 Å². The molecule has 1 unspecified atom stereocenters. The fourth-order valence-electron chi connectivity index (χ4n) is 4.72. The van der Waals surface area contributed by atoms with Crippen LogP contribution >= 0.6 is 11.8 Å². The van der Waals surface area contributed by atoms with E-state index in [1.54, 1.807) is 4.57 Å². The lowest BCUT2D eigenvalue weighted by Gasteiger charge is -2.29. The summed E-state index contributed by atoms with van der Waals surface area (Å²) in [6, 6.07) is 10.3. The first-order valence-corrected chi connectivity index (χ1v) is 13.5. The van der Waals surface area contributed by atoms with Crippen LogP contribution in [0, 0.1) is 5.92 Å². The summed E-state index contributed by atoms with van der Waals surface area (Å²) >= 11 is 1.29. The minimum atomic E-state index is -0.480. The normalized spacial score (nSPS) is 18.5.